The molecule has 18 heavy (non-hydrogen) atoms. The maximum absolute atomic E-state index is 5.60. The number of fused-ring (bicyclic) bond motifs is 1. The summed E-state index contributed by atoms with van der Waals surface area (Å²) in [4.78, 5) is 2.39. The molecule has 1 unspecified atom stereocenters. The van der Waals surface area contributed by atoms with Crippen molar-refractivity contribution in [1.82, 2.24) is 4.90 Å². The largest absolute Gasteiger partial charge is 0.493 e. The van der Waals surface area contributed by atoms with E-state index >= 15 is 0 Å². The zero-order chi connectivity index (χ0) is 13.0. The average Bonchev–Trinajstić information content (AvgIpc) is 2.83. The van der Waals surface area contributed by atoms with Crippen molar-refractivity contribution in [3.63, 3.8) is 0 Å². The average molecular weight is 248 g/mol. The first kappa shape index (κ1) is 13.4. The van der Waals surface area contributed by atoms with Gasteiger partial charge in [0.2, 0.25) is 0 Å². The van der Waals surface area contributed by atoms with Crippen LogP contribution in [0.3, 0.4) is 0 Å². The highest BCUT2D eigenvalue weighted by Crippen LogP contribution is 2.26. The van der Waals surface area contributed by atoms with Gasteiger partial charge in [-0.05, 0) is 50.6 Å². The van der Waals surface area contributed by atoms with Crippen LogP contribution in [0.5, 0.6) is 5.75 Å². The van der Waals surface area contributed by atoms with Crippen molar-refractivity contribution in [2.45, 2.75) is 32.2 Å². The molecule has 0 saturated heterocycles. The fourth-order valence-electron chi connectivity index (χ4n) is 2.38. The van der Waals surface area contributed by atoms with E-state index in [9.17, 15) is 0 Å². The normalized spacial score (nSPS) is 15.6. The Morgan fingerprint density at radius 1 is 1.44 bits per heavy atom. The van der Waals surface area contributed by atoms with Crippen LogP contribution in [-0.4, -0.2) is 37.7 Å². The Hall–Kier alpha value is -1.06. The lowest BCUT2D eigenvalue weighted by atomic mass is 10.1. The molecular formula is C15H24N2O. The van der Waals surface area contributed by atoms with Gasteiger partial charge in [0.1, 0.15) is 5.75 Å². The number of nitrogens with zero attached hydrogens (tertiary/aromatic N) is 1. The van der Waals surface area contributed by atoms with Gasteiger partial charge in [-0.15, -0.1) is 0 Å². The topological polar surface area (TPSA) is 38.5 Å². The van der Waals surface area contributed by atoms with E-state index in [4.69, 9.17) is 10.5 Å². The molecule has 1 aromatic rings. The van der Waals surface area contributed by atoms with Crippen LogP contribution < -0.4 is 10.5 Å². The van der Waals surface area contributed by atoms with Gasteiger partial charge in [-0.1, -0.05) is 12.1 Å². The Kier molecular flexibility index (Phi) is 4.61. The van der Waals surface area contributed by atoms with Crippen LogP contribution in [0.1, 0.15) is 24.5 Å². The molecule has 1 atom stereocenters. The summed E-state index contributed by atoms with van der Waals surface area (Å²) in [5.41, 5.74) is 8.37. The Morgan fingerprint density at radius 2 is 2.28 bits per heavy atom. The molecule has 1 aromatic carbocycles. The zero-order valence-corrected chi connectivity index (χ0v) is 11.5. The van der Waals surface area contributed by atoms with Crippen molar-refractivity contribution < 1.29 is 4.74 Å². The molecule has 1 aliphatic rings. The van der Waals surface area contributed by atoms with E-state index in [1.54, 1.807) is 0 Å². The van der Waals surface area contributed by atoms with Gasteiger partial charge in [0.05, 0.1) is 6.61 Å². The van der Waals surface area contributed by atoms with Gasteiger partial charge in [0, 0.05) is 19.0 Å². The Bertz CT molecular complexity index is 392. The molecule has 0 aliphatic carbocycles. The third-order valence-electron chi connectivity index (χ3n) is 3.84. The van der Waals surface area contributed by atoms with Crippen molar-refractivity contribution in [3.8, 4) is 5.75 Å². The van der Waals surface area contributed by atoms with Gasteiger partial charge < -0.3 is 15.4 Å². The van der Waals surface area contributed by atoms with Crippen LogP contribution in [-0.2, 0) is 12.8 Å². The van der Waals surface area contributed by atoms with Crippen molar-refractivity contribution >= 4 is 0 Å². The predicted octanol–water partition coefficient (Wildman–Crippen LogP) is 1.83. The monoisotopic (exact) mass is 248 g/mol. The molecule has 3 nitrogen and oxygen atoms in total. The zero-order valence-electron chi connectivity index (χ0n) is 11.5. The highest BCUT2D eigenvalue weighted by molar-refractivity contribution is 5.39. The Morgan fingerprint density at radius 3 is 3.06 bits per heavy atom. The number of hydrogen-bond acceptors (Lipinski definition) is 3. The first-order chi connectivity index (χ1) is 8.70. The van der Waals surface area contributed by atoms with Crippen molar-refractivity contribution in [1.29, 1.82) is 0 Å². The van der Waals surface area contributed by atoms with Gasteiger partial charge in [0.25, 0.3) is 0 Å². The number of nitrogens with two attached hydrogens (primary N) is 1. The lowest BCUT2D eigenvalue weighted by Gasteiger charge is -2.24. The van der Waals surface area contributed by atoms with E-state index in [0.717, 1.165) is 44.7 Å². The van der Waals surface area contributed by atoms with Crippen LogP contribution in [0, 0.1) is 0 Å². The second-order valence-corrected chi connectivity index (χ2v) is 5.20. The van der Waals surface area contributed by atoms with Crippen LogP contribution >= 0.6 is 0 Å². The third-order valence-corrected chi connectivity index (χ3v) is 3.84. The molecule has 0 fully saturated rings. The van der Waals surface area contributed by atoms with Gasteiger partial charge in [-0.3, -0.25) is 0 Å². The molecule has 3 heteroatoms. The highest BCUT2D eigenvalue weighted by atomic mass is 16.5. The van der Waals surface area contributed by atoms with Crippen LogP contribution in [0.15, 0.2) is 18.2 Å². The van der Waals surface area contributed by atoms with Gasteiger partial charge in [0.15, 0.2) is 0 Å². The molecule has 0 aromatic heterocycles. The van der Waals surface area contributed by atoms with Crippen LogP contribution in [0.4, 0.5) is 0 Å². The van der Waals surface area contributed by atoms with Gasteiger partial charge >= 0.3 is 0 Å². The van der Waals surface area contributed by atoms with Crippen LogP contribution in [0.25, 0.3) is 0 Å². The molecule has 2 rings (SSSR count). The smallest absolute Gasteiger partial charge is 0.122 e. The second kappa shape index (κ2) is 6.21. The number of likely N-dealkylation sites (N-methyl/N-ethyl adjacent to an activating group) is 1. The molecule has 0 bridgehead atoms. The highest BCUT2D eigenvalue weighted by Gasteiger charge is 2.13. The van der Waals surface area contributed by atoms with E-state index in [2.05, 4.69) is 37.1 Å². The minimum Gasteiger partial charge on any atom is -0.493 e. The second-order valence-electron chi connectivity index (χ2n) is 5.20. The number of rotatable bonds is 6. The van der Waals surface area contributed by atoms with Gasteiger partial charge in [-0.2, -0.15) is 0 Å². The van der Waals surface area contributed by atoms with E-state index < -0.39 is 0 Å². The summed E-state index contributed by atoms with van der Waals surface area (Å²) in [6.07, 6.45) is 3.22. The lowest BCUT2D eigenvalue weighted by Crippen LogP contribution is -2.32. The Balaban J connectivity index is 1.86. The molecule has 0 spiro atoms. The van der Waals surface area contributed by atoms with Gasteiger partial charge in [-0.25, -0.2) is 0 Å². The summed E-state index contributed by atoms with van der Waals surface area (Å²) >= 11 is 0. The summed E-state index contributed by atoms with van der Waals surface area (Å²) in [6.45, 7) is 4.93. The minimum atomic E-state index is 0.563. The molecule has 100 valence electrons. The summed E-state index contributed by atoms with van der Waals surface area (Å²) in [5, 5.41) is 0. The molecular weight excluding hydrogens is 224 g/mol. The maximum atomic E-state index is 5.60. The maximum Gasteiger partial charge on any atom is 0.122 e. The molecule has 2 N–H and O–H groups in total. The molecule has 1 aliphatic heterocycles. The fourth-order valence-corrected chi connectivity index (χ4v) is 2.38. The minimum absolute atomic E-state index is 0.563. The lowest BCUT2D eigenvalue weighted by molar-refractivity contribution is 0.251. The summed E-state index contributed by atoms with van der Waals surface area (Å²) < 4.78 is 5.52. The molecule has 0 radical (unpaired) electrons. The van der Waals surface area contributed by atoms with Crippen molar-refractivity contribution in [2.24, 2.45) is 5.73 Å². The van der Waals surface area contributed by atoms with E-state index in [1.807, 2.05) is 0 Å². The standard InChI is InChI=1S/C15H24N2O/c1-12(5-8-16)17(2)9-6-13-3-4-15-14(11-13)7-10-18-15/h3-4,11-12H,5-10,16H2,1-2H3. The number of hydrogen-bond donors (Lipinski definition) is 1. The Labute approximate surface area is 110 Å². The third kappa shape index (κ3) is 3.24. The first-order valence-electron chi connectivity index (χ1n) is 6.85. The number of benzene rings is 1. The molecule has 1 heterocycles. The fraction of sp³-hybridized carbons (Fsp3) is 0.600. The summed E-state index contributed by atoms with van der Waals surface area (Å²) in [6, 6.07) is 7.16. The summed E-state index contributed by atoms with van der Waals surface area (Å²) in [5.74, 6) is 1.07. The van der Waals surface area contributed by atoms with Crippen molar-refractivity contribution in [3.05, 3.63) is 29.3 Å². The quantitative estimate of drug-likeness (QED) is 0.835. The first-order valence-corrected chi connectivity index (χ1v) is 6.85. The SMILES string of the molecule is CC(CCN)N(C)CCc1ccc2c(c1)CCO2. The summed E-state index contributed by atoms with van der Waals surface area (Å²) in [7, 11) is 2.18. The molecule has 0 saturated carbocycles. The van der Waals surface area contributed by atoms with Crippen molar-refractivity contribution in [2.75, 3.05) is 26.7 Å². The van der Waals surface area contributed by atoms with E-state index in [-0.39, 0.29) is 0 Å². The molecule has 0 amide bonds. The van der Waals surface area contributed by atoms with Crippen LogP contribution in [0.2, 0.25) is 0 Å². The predicted molar refractivity (Wildman–Crippen MR) is 75.1 cm³/mol. The van der Waals surface area contributed by atoms with E-state index in [0.29, 0.717) is 6.04 Å². The van der Waals surface area contributed by atoms with E-state index in [1.165, 1.54) is 11.1 Å². The number of ether oxygens (including phenoxy) is 1.